The van der Waals surface area contributed by atoms with Crippen molar-refractivity contribution in [3.8, 4) is 0 Å². The van der Waals surface area contributed by atoms with Gasteiger partial charge in [-0.05, 0) is 50.4 Å². The first-order valence-electron chi connectivity index (χ1n) is 8.94. The summed E-state index contributed by atoms with van der Waals surface area (Å²) in [6.07, 6.45) is 5.86. The Hall–Kier alpha value is -0.570. The van der Waals surface area contributed by atoms with E-state index in [2.05, 4.69) is 51.8 Å². The third kappa shape index (κ3) is 2.99. The summed E-state index contributed by atoms with van der Waals surface area (Å²) in [7, 11) is 0. The topological polar surface area (TPSA) is 32.3 Å². The number of nitrogens with zero attached hydrogens (tertiary/aromatic N) is 1. The molecule has 122 valence electrons. The smallest absolute Gasteiger partial charge is 0.244 e. The zero-order valence-electron chi connectivity index (χ0n) is 14.8. The Morgan fingerprint density at radius 2 is 2.00 bits per heavy atom. The van der Waals surface area contributed by atoms with Gasteiger partial charge in [0, 0.05) is 6.04 Å². The van der Waals surface area contributed by atoms with Gasteiger partial charge >= 0.3 is 0 Å². The van der Waals surface area contributed by atoms with Crippen molar-refractivity contribution in [1.82, 2.24) is 10.2 Å². The molecule has 5 unspecified atom stereocenters. The van der Waals surface area contributed by atoms with Gasteiger partial charge in [-0.3, -0.25) is 10.1 Å². The predicted molar refractivity (Wildman–Crippen MR) is 87.9 cm³/mol. The van der Waals surface area contributed by atoms with Crippen LogP contribution in [-0.4, -0.2) is 28.6 Å². The Kier molecular flexibility index (Phi) is 5.02. The van der Waals surface area contributed by atoms with Gasteiger partial charge in [0.2, 0.25) is 5.91 Å². The molecule has 0 radical (unpaired) electrons. The number of nitrogens with one attached hydrogen (secondary N) is 1. The van der Waals surface area contributed by atoms with Crippen molar-refractivity contribution in [2.45, 2.75) is 91.4 Å². The molecule has 1 aliphatic heterocycles. The second kappa shape index (κ2) is 6.28. The summed E-state index contributed by atoms with van der Waals surface area (Å²) in [4.78, 5) is 15.3. The number of carbonyl (C=O) groups is 1. The van der Waals surface area contributed by atoms with Gasteiger partial charge < -0.3 is 4.90 Å². The fourth-order valence-corrected chi connectivity index (χ4v) is 4.37. The van der Waals surface area contributed by atoms with Crippen LogP contribution >= 0.6 is 0 Å². The summed E-state index contributed by atoms with van der Waals surface area (Å²) in [5.41, 5.74) is -0.358. The summed E-state index contributed by atoms with van der Waals surface area (Å²) in [6.45, 7) is 13.3. The highest BCUT2D eigenvalue weighted by Gasteiger charge is 2.51. The maximum absolute atomic E-state index is 13.0. The van der Waals surface area contributed by atoms with Crippen molar-refractivity contribution in [1.29, 1.82) is 0 Å². The minimum Gasteiger partial charge on any atom is -0.322 e. The molecule has 0 aromatic carbocycles. The van der Waals surface area contributed by atoms with E-state index in [0.29, 0.717) is 23.8 Å². The molecule has 0 bridgehead atoms. The van der Waals surface area contributed by atoms with Crippen molar-refractivity contribution >= 4 is 5.91 Å². The molecule has 1 N–H and O–H groups in total. The van der Waals surface area contributed by atoms with Crippen molar-refractivity contribution in [2.75, 3.05) is 0 Å². The van der Waals surface area contributed by atoms with E-state index in [1.54, 1.807) is 0 Å². The van der Waals surface area contributed by atoms with Crippen LogP contribution in [0.2, 0.25) is 0 Å². The van der Waals surface area contributed by atoms with E-state index < -0.39 is 0 Å². The average Bonchev–Trinajstić information content (AvgIpc) is 2.89. The Bertz CT molecular complexity index is 381. The van der Waals surface area contributed by atoms with Gasteiger partial charge in [0.05, 0.1) is 11.7 Å². The van der Waals surface area contributed by atoms with E-state index in [-0.39, 0.29) is 11.7 Å². The zero-order valence-corrected chi connectivity index (χ0v) is 14.8. The first kappa shape index (κ1) is 16.8. The minimum absolute atomic E-state index is 0.227. The summed E-state index contributed by atoms with van der Waals surface area (Å²) in [5.74, 6) is 2.37. The molecule has 0 aromatic rings. The fourth-order valence-electron chi connectivity index (χ4n) is 4.37. The molecule has 1 amide bonds. The van der Waals surface area contributed by atoms with Crippen molar-refractivity contribution in [3.63, 3.8) is 0 Å². The van der Waals surface area contributed by atoms with Crippen LogP contribution in [0.5, 0.6) is 0 Å². The Labute approximate surface area is 130 Å². The lowest BCUT2D eigenvalue weighted by Gasteiger charge is -2.34. The number of hydrogen-bond acceptors (Lipinski definition) is 2. The molecule has 2 rings (SSSR count). The molecule has 3 heteroatoms. The molecular weight excluding hydrogens is 260 g/mol. The summed E-state index contributed by atoms with van der Waals surface area (Å²) < 4.78 is 0. The SMILES string of the molecule is CCC1CCC(N2C(=O)C(C)(CC)NC2CC(C)C)C1C. The van der Waals surface area contributed by atoms with Crippen molar-refractivity contribution < 1.29 is 4.79 Å². The van der Waals surface area contributed by atoms with E-state index in [1.807, 2.05) is 0 Å². The van der Waals surface area contributed by atoms with Crippen LogP contribution in [0.15, 0.2) is 0 Å². The van der Waals surface area contributed by atoms with Crippen molar-refractivity contribution in [2.24, 2.45) is 17.8 Å². The number of amides is 1. The fraction of sp³-hybridized carbons (Fsp3) is 0.944. The molecule has 2 fully saturated rings. The van der Waals surface area contributed by atoms with Crippen LogP contribution in [0.3, 0.4) is 0 Å². The quantitative estimate of drug-likeness (QED) is 0.837. The van der Waals surface area contributed by atoms with Crippen LogP contribution in [0.4, 0.5) is 0 Å². The maximum atomic E-state index is 13.0. The number of hydrogen-bond donors (Lipinski definition) is 1. The highest BCUT2D eigenvalue weighted by Crippen LogP contribution is 2.41. The van der Waals surface area contributed by atoms with Gasteiger partial charge in [0.15, 0.2) is 0 Å². The molecule has 0 spiro atoms. The van der Waals surface area contributed by atoms with Gasteiger partial charge in [0.1, 0.15) is 0 Å². The van der Waals surface area contributed by atoms with Gasteiger partial charge in [-0.15, -0.1) is 0 Å². The number of carbonyl (C=O) groups excluding carboxylic acids is 1. The summed E-state index contributed by atoms with van der Waals surface area (Å²) in [5, 5.41) is 3.65. The minimum atomic E-state index is -0.358. The zero-order chi connectivity index (χ0) is 15.8. The van der Waals surface area contributed by atoms with E-state index >= 15 is 0 Å². The molecule has 1 aliphatic carbocycles. The third-order valence-electron chi connectivity index (χ3n) is 5.99. The van der Waals surface area contributed by atoms with E-state index in [4.69, 9.17) is 0 Å². The highest BCUT2D eigenvalue weighted by molar-refractivity contribution is 5.88. The lowest BCUT2D eigenvalue weighted by atomic mass is 9.92. The van der Waals surface area contributed by atoms with E-state index in [9.17, 15) is 4.79 Å². The highest BCUT2D eigenvalue weighted by atomic mass is 16.2. The Balaban J connectivity index is 2.23. The molecule has 1 saturated carbocycles. The molecule has 21 heavy (non-hydrogen) atoms. The Morgan fingerprint density at radius 3 is 2.48 bits per heavy atom. The summed E-state index contributed by atoms with van der Waals surface area (Å²) in [6, 6.07) is 0.437. The second-order valence-electron chi connectivity index (χ2n) is 7.86. The van der Waals surface area contributed by atoms with Gasteiger partial charge in [-0.1, -0.05) is 41.0 Å². The van der Waals surface area contributed by atoms with Crippen LogP contribution in [0.1, 0.15) is 73.6 Å². The molecule has 5 atom stereocenters. The standard InChI is InChI=1S/C18H34N2O/c1-7-14-9-10-15(13(14)5)20-16(11-12(3)4)19-18(6,8-2)17(20)21/h12-16,19H,7-11H2,1-6H3. The van der Waals surface area contributed by atoms with Crippen LogP contribution in [0, 0.1) is 17.8 Å². The van der Waals surface area contributed by atoms with Crippen LogP contribution < -0.4 is 5.32 Å². The summed E-state index contributed by atoms with van der Waals surface area (Å²) >= 11 is 0. The monoisotopic (exact) mass is 294 g/mol. The lowest BCUT2D eigenvalue weighted by Crippen LogP contribution is -2.47. The molecule has 1 heterocycles. The predicted octanol–water partition coefficient (Wildman–Crippen LogP) is 3.78. The average molecular weight is 294 g/mol. The van der Waals surface area contributed by atoms with Gasteiger partial charge in [-0.2, -0.15) is 0 Å². The van der Waals surface area contributed by atoms with Crippen LogP contribution in [0.25, 0.3) is 0 Å². The third-order valence-corrected chi connectivity index (χ3v) is 5.99. The molecule has 0 aromatic heterocycles. The normalized spacial score (nSPS) is 40.5. The maximum Gasteiger partial charge on any atom is 0.244 e. The van der Waals surface area contributed by atoms with Gasteiger partial charge in [-0.25, -0.2) is 0 Å². The molecule has 3 nitrogen and oxygen atoms in total. The lowest BCUT2D eigenvalue weighted by molar-refractivity contribution is -0.136. The number of rotatable bonds is 5. The first-order chi connectivity index (χ1) is 9.84. The second-order valence-corrected chi connectivity index (χ2v) is 7.86. The van der Waals surface area contributed by atoms with Gasteiger partial charge in [0.25, 0.3) is 0 Å². The molecule has 2 aliphatic rings. The Morgan fingerprint density at radius 1 is 1.33 bits per heavy atom. The molecular formula is C18H34N2O. The van der Waals surface area contributed by atoms with Crippen molar-refractivity contribution in [3.05, 3.63) is 0 Å². The van der Waals surface area contributed by atoms with E-state index in [1.165, 1.54) is 19.3 Å². The van der Waals surface area contributed by atoms with Crippen LogP contribution in [-0.2, 0) is 4.79 Å². The largest absolute Gasteiger partial charge is 0.322 e. The molecule has 1 saturated heterocycles. The van der Waals surface area contributed by atoms with E-state index in [0.717, 1.165) is 18.8 Å². The first-order valence-corrected chi connectivity index (χ1v) is 8.94.